The van der Waals surface area contributed by atoms with Crippen LogP contribution >= 0.6 is 16.8 Å². The number of rotatable bonds is 4. The van der Waals surface area contributed by atoms with Gasteiger partial charge in [0.2, 0.25) is 0 Å². The summed E-state index contributed by atoms with van der Waals surface area (Å²) in [5.41, 5.74) is 17.5. The molecule has 0 aromatic heterocycles. The summed E-state index contributed by atoms with van der Waals surface area (Å²) in [7, 11) is -0.800. The van der Waals surface area contributed by atoms with Crippen LogP contribution in [0, 0.1) is 83.1 Å². The number of hydrogen-bond donors (Lipinski definition) is 0. The van der Waals surface area contributed by atoms with Crippen LogP contribution in [0.4, 0.5) is 0 Å². The van der Waals surface area contributed by atoms with E-state index in [-0.39, 0.29) is 0 Å². The van der Waals surface area contributed by atoms with E-state index in [2.05, 4.69) is 148 Å². The van der Waals surface area contributed by atoms with E-state index in [1.54, 1.807) is 17.6 Å². The predicted molar refractivity (Wildman–Crippen MR) is 188 cm³/mol. The van der Waals surface area contributed by atoms with Crippen molar-refractivity contribution in [2.75, 3.05) is 0 Å². The van der Waals surface area contributed by atoms with Gasteiger partial charge in [0.05, 0.1) is 0 Å². The van der Waals surface area contributed by atoms with Gasteiger partial charge in [-0.25, -0.2) is 0 Å². The summed E-state index contributed by atoms with van der Waals surface area (Å²) in [5, 5.41) is 0. The first-order valence-electron chi connectivity index (χ1n) is 14.4. The summed E-state index contributed by atoms with van der Waals surface area (Å²) in [6.07, 6.45) is 0. The molecule has 0 N–H and O–H groups in total. The first kappa shape index (κ1) is 30.1. The molecule has 1 fully saturated rings. The first-order valence-corrected chi connectivity index (χ1v) is 30.5. The average Bonchev–Trinajstić information content (AvgIpc) is 2.74. The van der Waals surface area contributed by atoms with E-state index in [0.29, 0.717) is 0 Å². The Balaban J connectivity index is 1.90. The molecule has 0 radical (unpaired) electrons. The molecule has 1 aliphatic heterocycles. The molecule has 0 atom stereocenters. The van der Waals surface area contributed by atoms with E-state index in [9.17, 15) is 0 Å². The van der Waals surface area contributed by atoms with Gasteiger partial charge in [0.1, 0.15) is 0 Å². The van der Waals surface area contributed by atoms with Crippen LogP contribution in [0.25, 0.3) is 0 Å². The topological polar surface area (TPSA) is 0 Å². The van der Waals surface area contributed by atoms with E-state index < -0.39 is 22.0 Å². The van der Waals surface area contributed by atoms with Crippen molar-refractivity contribution < 1.29 is 0 Å². The van der Waals surface area contributed by atoms with Gasteiger partial charge in [-0.05, 0) is 0 Å². The fourth-order valence-electron chi connectivity index (χ4n) is 7.87. The summed E-state index contributed by atoms with van der Waals surface area (Å²) in [5.74, 6) is 0. The zero-order chi connectivity index (χ0) is 29.3. The van der Waals surface area contributed by atoms with E-state index in [1.165, 1.54) is 66.8 Å². The summed E-state index contributed by atoms with van der Waals surface area (Å²) in [6, 6.07) is 19.6. The van der Waals surface area contributed by atoms with Crippen LogP contribution in [0.1, 0.15) is 66.8 Å². The normalized spacial score (nSPS) is 15.7. The number of aryl methyl sites for hydroxylation is 12. The molecule has 0 saturated carbocycles. The first-order chi connectivity index (χ1) is 18.7. The molecule has 1 heterocycles. The van der Waals surface area contributed by atoms with Gasteiger partial charge in [-0.1, -0.05) is 0 Å². The quantitative estimate of drug-likeness (QED) is 0.202. The molecule has 1 saturated heterocycles. The van der Waals surface area contributed by atoms with Gasteiger partial charge in [0, 0.05) is 0 Å². The van der Waals surface area contributed by atoms with Crippen molar-refractivity contribution in [1.82, 2.24) is 0 Å². The van der Waals surface area contributed by atoms with Crippen LogP contribution in [0.3, 0.4) is 0 Å². The Hall–Kier alpha value is -1.33. The predicted octanol–water partition coefficient (Wildman–Crippen LogP) is 7.68. The number of hydrogen-bond acceptors (Lipinski definition) is 2. The van der Waals surface area contributed by atoms with Crippen LogP contribution in [0.5, 0.6) is 0 Å². The Kier molecular flexibility index (Phi) is 8.09. The van der Waals surface area contributed by atoms with Gasteiger partial charge >= 0.3 is 255 Å². The second-order valence-electron chi connectivity index (χ2n) is 12.5. The monoisotopic (exact) mass is 688 g/mol. The Morgan fingerprint density at radius 2 is 0.450 bits per heavy atom. The molecule has 0 bridgehead atoms. The summed E-state index contributed by atoms with van der Waals surface area (Å²) in [4.78, 5) is 0. The SMILES string of the molecule is Cc1cc(C)[c]([Ge]2([c]3c(C)cc(C)cc3C)[S][Ge]([c]3c(C)cc(C)cc3C)([c]3c(C)cc(C)cc3C)[S]2)c(C)c1. The minimum absolute atomic E-state index is 1.38. The van der Waals surface area contributed by atoms with Crippen molar-refractivity contribution >= 4 is 56.4 Å². The molecule has 0 aliphatic carbocycles. The van der Waals surface area contributed by atoms with Gasteiger partial charge in [-0.3, -0.25) is 0 Å². The molecule has 4 heteroatoms. The second-order valence-corrected chi connectivity index (χ2v) is 53.6. The molecule has 5 rings (SSSR count). The minimum atomic E-state index is -2.96. The van der Waals surface area contributed by atoms with Crippen molar-refractivity contribution in [2.24, 2.45) is 0 Å². The van der Waals surface area contributed by atoms with E-state index in [1.807, 2.05) is 0 Å². The summed E-state index contributed by atoms with van der Waals surface area (Å²) < 4.78 is 6.84. The molecule has 0 amide bonds. The van der Waals surface area contributed by atoms with Crippen molar-refractivity contribution in [3.8, 4) is 0 Å². The van der Waals surface area contributed by atoms with Crippen molar-refractivity contribution in [1.29, 1.82) is 0 Å². The molecule has 4 aromatic rings. The summed E-state index contributed by atoms with van der Waals surface area (Å²) in [6.45, 7) is 28.1. The van der Waals surface area contributed by atoms with Crippen LogP contribution in [-0.4, -0.2) is 22.0 Å². The van der Waals surface area contributed by atoms with E-state index >= 15 is 0 Å². The number of benzene rings is 4. The third-order valence-corrected chi connectivity index (χ3v) is 102. The Morgan fingerprint density at radius 1 is 0.300 bits per heavy atom. The van der Waals surface area contributed by atoms with Crippen LogP contribution in [-0.2, 0) is 0 Å². The molecule has 208 valence electrons. The molecule has 0 unspecified atom stereocenters. The molecular weight excluding hydrogens is 642 g/mol. The molecule has 0 spiro atoms. The van der Waals surface area contributed by atoms with Gasteiger partial charge in [0.15, 0.2) is 0 Å². The third-order valence-electron chi connectivity index (χ3n) is 8.60. The molecule has 1 aliphatic rings. The van der Waals surface area contributed by atoms with Gasteiger partial charge in [0.25, 0.3) is 0 Å². The Morgan fingerprint density at radius 3 is 0.600 bits per heavy atom. The van der Waals surface area contributed by atoms with Crippen molar-refractivity contribution in [2.45, 2.75) is 83.1 Å². The fourth-order valence-corrected chi connectivity index (χ4v) is 132. The maximum atomic E-state index is 2.56. The van der Waals surface area contributed by atoms with Crippen molar-refractivity contribution in [3.05, 3.63) is 115 Å². The molecule has 0 nitrogen and oxygen atoms in total. The molecule has 4 aromatic carbocycles. The third kappa shape index (κ3) is 4.79. The zero-order valence-electron chi connectivity index (χ0n) is 26.4. The van der Waals surface area contributed by atoms with E-state index in [0.717, 1.165) is 0 Å². The second kappa shape index (κ2) is 10.7. The Bertz CT molecular complexity index is 1340. The molecular formula is C36H44Ge2S2. The standard InChI is InChI=1S/C36H44Ge2S2/c1-21-13-25(5)33(26(6)14-21)37(34-27(7)15-22(2)16-28(34)8)39-38(40-37,35-29(9)17-23(3)18-30(35)10)36-31(11)19-24(4)20-32(36)12/h13-20H,1-12H3. The van der Waals surface area contributed by atoms with Gasteiger partial charge in [-0.2, -0.15) is 0 Å². The van der Waals surface area contributed by atoms with E-state index in [4.69, 9.17) is 0 Å². The van der Waals surface area contributed by atoms with Gasteiger partial charge in [-0.15, -0.1) is 0 Å². The maximum absolute atomic E-state index is 2.96. The van der Waals surface area contributed by atoms with Crippen LogP contribution < -0.4 is 17.6 Å². The van der Waals surface area contributed by atoms with Gasteiger partial charge < -0.3 is 0 Å². The zero-order valence-corrected chi connectivity index (χ0v) is 32.3. The van der Waals surface area contributed by atoms with Crippen LogP contribution in [0.15, 0.2) is 48.5 Å². The molecule has 40 heavy (non-hydrogen) atoms. The van der Waals surface area contributed by atoms with Crippen molar-refractivity contribution in [3.63, 3.8) is 0 Å². The van der Waals surface area contributed by atoms with Crippen LogP contribution in [0.2, 0.25) is 0 Å². The Labute approximate surface area is 253 Å². The average molecular weight is 686 g/mol. The summed E-state index contributed by atoms with van der Waals surface area (Å²) >= 11 is 0. The fraction of sp³-hybridized carbons (Fsp3) is 0.333.